The number of nitrogens with zero attached hydrogens (tertiary/aromatic N) is 6. The second kappa shape index (κ2) is 6.48. The van der Waals surface area contributed by atoms with Crippen molar-refractivity contribution in [1.29, 1.82) is 5.26 Å². The summed E-state index contributed by atoms with van der Waals surface area (Å²) in [7, 11) is 0. The molecule has 1 aromatic rings. The zero-order valence-electron chi connectivity index (χ0n) is 13.0. The smallest absolute Gasteiger partial charge is 0.237 e. The molecule has 0 aromatic carbocycles. The standard InChI is InChI=1S/C13H21N3O.CH2N4/c1-10-4-5-11(7-10)15-9-13(17)16-6-2-3-12(16)8-14;1-4-2-3-5(1)4/h10-12,15H,2-7,9H2,1H3;1H2/t10-,11+,12+;/m1./s1. The van der Waals surface area contributed by atoms with Gasteiger partial charge in [-0.25, -0.2) is 0 Å². The molecule has 1 saturated heterocycles. The molecule has 1 N–H and O–H groups in total. The average Bonchev–Trinajstić information content (AvgIpc) is 2.94. The summed E-state index contributed by atoms with van der Waals surface area (Å²) in [5, 5.41) is 19.3. The van der Waals surface area contributed by atoms with Gasteiger partial charge in [-0.15, -0.1) is 9.59 Å². The predicted molar refractivity (Wildman–Crippen MR) is 78.6 cm³/mol. The normalized spacial score (nSPS) is 28.7. The summed E-state index contributed by atoms with van der Waals surface area (Å²) >= 11 is 0. The monoisotopic (exact) mass is 305 g/mol. The fourth-order valence-electron chi connectivity index (χ4n) is 3.22. The molecule has 22 heavy (non-hydrogen) atoms. The molecule has 0 spiro atoms. The second-order valence-corrected chi connectivity index (χ2v) is 6.44. The summed E-state index contributed by atoms with van der Waals surface area (Å²) in [5.74, 6) is 0.870. The van der Waals surface area contributed by atoms with Gasteiger partial charge in [0.15, 0.2) is 6.67 Å². The van der Waals surface area contributed by atoms with E-state index in [-0.39, 0.29) is 11.9 Å². The highest BCUT2D eigenvalue weighted by atomic mass is 16.2. The van der Waals surface area contributed by atoms with Crippen molar-refractivity contribution in [3.8, 4) is 6.07 Å². The molecule has 2 aliphatic heterocycles. The summed E-state index contributed by atoms with van der Waals surface area (Å²) in [6, 6.07) is 2.52. The predicted octanol–water partition coefficient (Wildman–Crippen LogP) is 0.178. The molecule has 0 bridgehead atoms. The van der Waals surface area contributed by atoms with Crippen molar-refractivity contribution in [2.24, 2.45) is 5.92 Å². The van der Waals surface area contributed by atoms with Gasteiger partial charge in [0.2, 0.25) is 5.91 Å². The lowest BCUT2D eigenvalue weighted by Crippen LogP contribution is -2.42. The Morgan fingerprint density at radius 1 is 1.32 bits per heavy atom. The first kappa shape index (κ1) is 15.0. The largest absolute Gasteiger partial charge is 0.326 e. The zero-order chi connectivity index (χ0) is 15.5. The highest BCUT2D eigenvalue weighted by Gasteiger charge is 2.29. The van der Waals surface area contributed by atoms with Gasteiger partial charge in [0.25, 0.3) is 0 Å². The van der Waals surface area contributed by atoms with Gasteiger partial charge >= 0.3 is 0 Å². The van der Waals surface area contributed by atoms with E-state index in [0.717, 1.165) is 32.0 Å². The van der Waals surface area contributed by atoms with Crippen LogP contribution in [0.1, 0.15) is 39.0 Å². The van der Waals surface area contributed by atoms with Crippen LogP contribution >= 0.6 is 0 Å². The Labute approximate surface area is 130 Å². The molecule has 8 heteroatoms. The number of amides is 1. The number of fused-ring (bicyclic) bond motifs is 1. The lowest BCUT2D eigenvalue weighted by molar-refractivity contribution is -0.130. The van der Waals surface area contributed by atoms with Gasteiger partial charge < -0.3 is 10.2 Å². The number of carbonyl (C=O) groups is 1. The first-order valence-electron chi connectivity index (χ1n) is 8.06. The number of hydrogen-bond acceptors (Lipinski definition) is 5. The lowest BCUT2D eigenvalue weighted by atomic mass is 10.1. The number of likely N-dealkylation sites (tertiary alicyclic amines) is 1. The third kappa shape index (κ3) is 3.47. The van der Waals surface area contributed by atoms with E-state index in [4.69, 9.17) is 5.26 Å². The summed E-state index contributed by atoms with van der Waals surface area (Å²) in [6.45, 7) is 4.32. The number of nitriles is 1. The highest BCUT2D eigenvalue weighted by Crippen LogP contribution is 2.24. The van der Waals surface area contributed by atoms with E-state index < -0.39 is 0 Å². The van der Waals surface area contributed by atoms with Crippen molar-refractivity contribution in [2.75, 3.05) is 13.1 Å². The molecule has 2 fully saturated rings. The van der Waals surface area contributed by atoms with E-state index in [1.807, 2.05) is 0 Å². The van der Waals surface area contributed by atoms with Gasteiger partial charge in [0, 0.05) is 12.6 Å². The molecular weight excluding hydrogens is 282 g/mol. The Morgan fingerprint density at radius 3 is 2.59 bits per heavy atom. The van der Waals surface area contributed by atoms with Crippen molar-refractivity contribution < 1.29 is 4.79 Å². The zero-order valence-corrected chi connectivity index (χ0v) is 13.0. The van der Waals surface area contributed by atoms with Gasteiger partial charge in [-0.05, 0) is 48.4 Å². The molecule has 3 heterocycles. The lowest BCUT2D eigenvalue weighted by Gasteiger charge is -2.21. The van der Waals surface area contributed by atoms with Gasteiger partial charge in [-0.1, -0.05) is 6.92 Å². The van der Waals surface area contributed by atoms with Gasteiger partial charge in [-0.2, -0.15) is 5.26 Å². The van der Waals surface area contributed by atoms with Crippen molar-refractivity contribution in [3.63, 3.8) is 0 Å². The molecule has 120 valence electrons. The Bertz CT molecular complexity index is 541. The number of rotatable bonds is 3. The first-order chi connectivity index (χ1) is 10.7. The van der Waals surface area contributed by atoms with Crippen LogP contribution in [0.5, 0.6) is 0 Å². The molecule has 3 aliphatic rings. The van der Waals surface area contributed by atoms with Gasteiger partial charge in [0.1, 0.15) is 6.04 Å². The van der Waals surface area contributed by atoms with E-state index in [1.54, 1.807) is 14.5 Å². The van der Waals surface area contributed by atoms with Crippen LogP contribution < -0.4 is 5.32 Å². The number of hydrogen-bond donors (Lipinski definition) is 1. The maximum atomic E-state index is 12.0. The first-order valence-corrected chi connectivity index (χ1v) is 8.06. The van der Waals surface area contributed by atoms with Crippen LogP contribution in [0.15, 0.2) is 0 Å². The summed E-state index contributed by atoms with van der Waals surface area (Å²) in [5.41, 5.74) is 0. The van der Waals surface area contributed by atoms with Crippen LogP contribution in [0.3, 0.4) is 0 Å². The molecule has 0 radical (unpaired) electrons. The minimum absolute atomic E-state index is 0.0913. The van der Waals surface area contributed by atoms with E-state index in [9.17, 15) is 4.79 Å². The second-order valence-electron chi connectivity index (χ2n) is 6.44. The Hall–Kier alpha value is -1.88. The van der Waals surface area contributed by atoms with E-state index >= 15 is 0 Å². The van der Waals surface area contributed by atoms with Crippen LogP contribution in [0, 0.1) is 17.2 Å². The van der Waals surface area contributed by atoms with Crippen LogP contribution in [-0.2, 0) is 11.5 Å². The Balaban J connectivity index is 0.000000237. The molecule has 4 rings (SSSR count). The molecule has 0 unspecified atom stereocenters. The number of carbonyl (C=O) groups excluding carboxylic acids is 1. The summed E-state index contributed by atoms with van der Waals surface area (Å²) in [6.07, 6.45) is 5.41. The Morgan fingerprint density at radius 2 is 2.09 bits per heavy atom. The minimum Gasteiger partial charge on any atom is -0.326 e. The summed E-state index contributed by atoms with van der Waals surface area (Å²) in [4.78, 5) is 17.2. The van der Waals surface area contributed by atoms with Crippen molar-refractivity contribution in [3.05, 3.63) is 0 Å². The van der Waals surface area contributed by atoms with Crippen molar-refractivity contribution >= 4 is 5.91 Å². The third-order valence-corrected chi connectivity index (χ3v) is 4.64. The highest BCUT2D eigenvalue weighted by molar-refractivity contribution is 5.79. The minimum atomic E-state index is -0.188. The molecule has 1 amide bonds. The molecular formula is C14H23N7O. The molecule has 1 aliphatic carbocycles. The van der Waals surface area contributed by atoms with Gasteiger partial charge in [0.05, 0.1) is 12.6 Å². The topological polar surface area (TPSA) is 91.8 Å². The maximum Gasteiger partial charge on any atom is 0.237 e. The molecule has 1 saturated carbocycles. The Kier molecular flexibility index (Phi) is 4.43. The average molecular weight is 305 g/mol. The van der Waals surface area contributed by atoms with Crippen LogP contribution in [-0.4, -0.2) is 56.0 Å². The number of aromatic nitrogens is 4. The van der Waals surface area contributed by atoms with Crippen LogP contribution in [0.4, 0.5) is 0 Å². The fourth-order valence-corrected chi connectivity index (χ4v) is 3.22. The van der Waals surface area contributed by atoms with E-state index in [2.05, 4.69) is 28.7 Å². The SMILES string of the molecule is C1n2nnn21.C[C@@H]1CC[C@H](NCC(=O)N2CCC[C@H]2C#N)C1. The molecule has 8 nitrogen and oxygen atoms in total. The van der Waals surface area contributed by atoms with Crippen LogP contribution in [0.2, 0.25) is 0 Å². The van der Waals surface area contributed by atoms with Gasteiger partial charge in [-0.3, -0.25) is 4.79 Å². The van der Waals surface area contributed by atoms with E-state index in [0.29, 0.717) is 12.6 Å². The van der Waals surface area contributed by atoms with Crippen LogP contribution in [0.25, 0.3) is 0 Å². The molecule has 1 aromatic heterocycles. The molecule has 3 atom stereocenters. The maximum absolute atomic E-state index is 12.0. The third-order valence-electron chi connectivity index (χ3n) is 4.64. The summed E-state index contributed by atoms with van der Waals surface area (Å²) < 4.78 is 0. The quantitative estimate of drug-likeness (QED) is 0.873. The number of nitrogens with one attached hydrogen (secondary N) is 1. The van der Waals surface area contributed by atoms with E-state index in [1.165, 1.54) is 19.3 Å². The van der Waals surface area contributed by atoms with Crippen molar-refractivity contribution in [2.45, 2.75) is 57.8 Å². The van der Waals surface area contributed by atoms with Crippen molar-refractivity contribution in [1.82, 2.24) is 30.2 Å². The fraction of sp³-hybridized carbons (Fsp3) is 0.857.